The average molecular weight is 449 g/mol. The van der Waals surface area contributed by atoms with E-state index < -0.39 is 0 Å². The van der Waals surface area contributed by atoms with Gasteiger partial charge in [0.15, 0.2) is 0 Å². The molecule has 0 aliphatic rings. The van der Waals surface area contributed by atoms with E-state index in [-0.39, 0.29) is 5.97 Å². The summed E-state index contributed by atoms with van der Waals surface area (Å²) < 4.78 is 5.38. The number of ether oxygens (including phenoxy) is 1. The van der Waals surface area contributed by atoms with E-state index in [4.69, 9.17) is 4.74 Å². The van der Waals surface area contributed by atoms with E-state index in [9.17, 15) is 4.79 Å². The lowest BCUT2D eigenvalue weighted by molar-refractivity contribution is -0.143. The number of esters is 1. The SMILES string of the molecule is CCCC/C=C/CCCCCCCC(=O)OCCCCCCCC/C=C\CCCCCC. The van der Waals surface area contributed by atoms with E-state index in [1.165, 1.54) is 116 Å². The van der Waals surface area contributed by atoms with Crippen LogP contribution in [0.15, 0.2) is 24.3 Å². The predicted octanol–water partition coefficient (Wildman–Crippen LogP) is 10.3. The average Bonchev–Trinajstić information content (AvgIpc) is 2.80. The maximum atomic E-state index is 11.8. The number of hydrogen-bond donors (Lipinski definition) is 0. The molecule has 0 bridgehead atoms. The Balaban J connectivity index is 3.22. The molecule has 0 aromatic rings. The van der Waals surface area contributed by atoms with Crippen LogP contribution in [0.2, 0.25) is 0 Å². The van der Waals surface area contributed by atoms with Gasteiger partial charge in [-0.1, -0.05) is 115 Å². The molecule has 188 valence electrons. The highest BCUT2D eigenvalue weighted by molar-refractivity contribution is 5.69. The van der Waals surface area contributed by atoms with Gasteiger partial charge in [-0.15, -0.1) is 0 Å². The fraction of sp³-hybridized carbons (Fsp3) is 0.833. The third-order valence-corrected chi connectivity index (χ3v) is 6.06. The molecule has 0 unspecified atom stereocenters. The van der Waals surface area contributed by atoms with Crippen LogP contribution >= 0.6 is 0 Å². The van der Waals surface area contributed by atoms with Crippen molar-refractivity contribution in [2.75, 3.05) is 6.61 Å². The van der Waals surface area contributed by atoms with Crippen molar-refractivity contribution >= 4 is 5.97 Å². The zero-order valence-corrected chi connectivity index (χ0v) is 21.9. The Morgan fingerprint density at radius 1 is 0.500 bits per heavy atom. The Labute approximate surface area is 201 Å². The lowest BCUT2D eigenvalue weighted by atomic mass is 10.1. The third-order valence-electron chi connectivity index (χ3n) is 6.06. The van der Waals surface area contributed by atoms with Gasteiger partial charge in [-0.3, -0.25) is 4.79 Å². The molecule has 32 heavy (non-hydrogen) atoms. The van der Waals surface area contributed by atoms with Crippen molar-refractivity contribution in [1.29, 1.82) is 0 Å². The van der Waals surface area contributed by atoms with E-state index in [2.05, 4.69) is 38.2 Å². The van der Waals surface area contributed by atoms with E-state index in [1.807, 2.05) is 0 Å². The molecule has 0 radical (unpaired) electrons. The Bertz CT molecular complexity index is 425. The van der Waals surface area contributed by atoms with E-state index >= 15 is 0 Å². The fourth-order valence-corrected chi connectivity index (χ4v) is 3.87. The van der Waals surface area contributed by atoms with Crippen molar-refractivity contribution in [3.8, 4) is 0 Å². The first-order valence-electron chi connectivity index (χ1n) is 14.3. The quantitative estimate of drug-likeness (QED) is 0.0788. The molecular weight excluding hydrogens is 392 g/mol. The highest BCUT2D eigenvalue weighted by Crippen LogP contribution is 2.11. The summed E-state index contributed by atoms with van der Waals surface area (Å²) in [6.45, 7) is 5.12. The molecule has 0 spiro atoms. The van der Waals surface area contributed by atoms with Crippen LogP contribution < -0.4 is 0 Å². The molecule has 0 fully saturated rings. The van der Waals surface area contributed by atoms with E-state index in [0.717, 1.165) is 19.3 Å². The van der Waals surface area contributed by atoms with Gasteiger partial charge in [0.25, 0.3) is 0 Å². The van der Waals surface area contributed by atoms with Crippen LogP contribution in [-0.4, -0.2) is 12.6 Å². The number of allylic oxidation sites excluding steroid dienone is 4. The molecule has 0 atom stereocenters. The number of carbonyl (C=O) groups is 1. The molecule has 0 aromatic heterocycles. The summed E-state index contributed by atoms with van der Waals surface area (Å²) >= 11 is 0. The molecule has 0 aliphatic heterocycles. The topological polar surface area (TPSA) is 26.3 Å². The molecule has 0 aliphatic carbocycles. The molecule has 0 aromatic carbocycles. The summed E-state index contributed by atoms with van der Waals surface area (Å²) in [5.41, 5.74) is 0. The van der Waals surface area contributed by atoms with E-state index in [0.29, 0.717) is 13.0 Å². The highest BCUT2D eigenvalue weighted by atomic mass is 16.5. The standard InChI is InChI=1S/C30H56O2/c1-3-5-7-9-11-13-15-16-17-19-21-23-25-27-29-32-30(31)28-26-24-22-20-18-14-12-10-8-6-4-2/h10,12-13,15H,3-9,11,14,16-29H2,1-2H3/b12-10+,15-13-. The van der Waals surface area contributed by atoms with Gasteiger partial charge >= 0.3 is 5.97 Å². The lowest BCUT2D eigenvalue weighted by Gasteiger charge is -2.05. The van der Waals surface area contributed by atoms with Gasteiger partial charge in [0, 0.05) is 6.42 Å². The largest absolute Gasteiger partial charge is 0.466 e. The van der Waals surface area contributed by atoms with Gasteiger partial charge < -0.3 is 4.74 Å². The molecule has 0 heterocycles. The van der Waals surface area contributed by atoms with Gasteiger partial charge in [0.05, 0.1) is 6.61 Å². The van der Waals surface area contributed by atoms with Crippen molar-refractivity contribution in [2.45, 2.75) is 155 Å². The van der Waals surface area contributed by atoms with Crippen LogP contribution in [0.5, 0.6) is 0 Å². The minimum Gasteiger partial charge on any atom is -0.466 e. The Morgan fingerprint density at radius 3 is 1.44 bits per heavy atom. The van der Waals surface area contributed by atoms with Gasteiger partial charge in [-0.25, -0.2) is 0 Å². The summed E-state index contributed by atoms with van der Waals surface area (Å²) in [5.74, 6) is 0.00494. The monoisotopic (exact) mass is 448 g/mol. The van der Waals surface area contributed by atoms with Crippen molar-refractivity contribution in [2.24, 2.45) is 0 Å². The molecule has 0 saturated heterocycles. The van der Waals surface area contributed by atoms with Gasteiger partial charge in [-0.2, -0.15) is 0 Å². The van der Waals surface area contributed by atoms with Crippen LogP contribution in [0.3, 0.4) is 0 Å². The predicted molar refractivity (Wildman–Crippen MR) is 142 cm³/mol. The molecule has 2 nitrogen and oxygen atoms in total. The van der Waals surface area contributed by atoms with Crippen LogP contribution in [0.25, 0.3) is 0 Å². The summed E-state index contributed by atoms with van der Waals surface area (Å²) in [6.07, 6.45) is 36.4. The number of hydrogen-bond acceptors (Lipinski definition) is 2. The third kappa shape index (κ3) is 27.0. The van der Waals surface area contributed by atoms with Crippen molar-refractivity contribution in [3.05, 3.63) is 24.3 Å². The van der Waals surface area contributed by atoms with Gasteiger partial charge in [0.2, 0.25) is 0 Å². The zero-order chi connectivity index (χ0) is 23.4. The Hall–Kier alpha value is -1.05. The summed E-state index contributed by atoms with van der Waals surface area (Å²) in [6, 6.07) is 0. The number of unbranched alkanes of at least 4 members (excludes halogenated alkanes) is 17. The second-order valence-corrected chi connectivity index (χ2v) is 9.37. The molecule has 0 rings (SSSR count). The highest BCUT2D eigenvalue weighted by Gasteiger charge is 2.02. The minimum absolute atomic E-state index is 0.00494. The van der Waals surface area contributed by atoms with E-state index in [1.54, 1.807) is 0 Å². The van der Waals surface area contributed by atoms with Crippen molar-refractivity contribution in [1.82, 2.24) is 0 Å². The van der Waals surface area contributed by atoms with Gasteiger partial charge in [-0.05, 0) is 57.8 Å². The smallest absolute Gasteiger partial charge is 0.305 e. The summed E-state index contributed by atoms with van der Waals surface area (Å²) in [7, 11) is 0. The summed E-state index contributed by atoms with van der Waals surface area (Å²) in [4.78, 5) is 11.8. The number of rotatable bonds is 25. The van der Waals surface area contributed by atoms with Crippen molar-refractivity contribution < 1.29 is 9.53 Å². The first kappa shape index (κ1) is 30.9. The second-order valence-electron chi connectivity index (χ2n) is 9.37. The normalized spacial score (nSPS) is 11.7. The maximum Gasteiger partial charge on any atom is 0.305 e. The minimum atomic E-state index is 0.00494. The molecule has 0 N–H and O–H groups in total. The second kappa shape index (κ2) is 28.0. The molecule has 2 heteroatoms. The fourth-order valence-electron chi connectivity index (χ4n) is 3.87. The van der Waals surface area contributed by atoms with Crippen LogP contribution in [0, 0.1) is 0 Å². The van der Waals surface area contributed by atoms with Gasteiger partial charge in [0.1, 0.15) is 0 Å². The number of carbonyl (C=O) groups excluding carboxylic acids is 1. The van der Waals surface area contributed by atoms with Crippen molar-refractivity contribution in [3.63, 3.8) is 0 Å². The molecule has 0 amide bonds. The Kier molecular flexibility index (Phi) is 27.1. The first-order chi connectivity index (χ1) is 15.8. The lowest BCUT2D eigenvalue weighted by Crippen LogP contribution is -2.05. The molecule has 0 saturated carbocycles. The van der Waals surface area contributed by atoms with Crippen LogP contribution in [-0.2, 0) is 9.53 Å². The Morgan fingerprint density at radius 2 is 0.906 bits per heavy atom. The van der Waals surface area contributed by atoms with Crippen LogP contribution in [0.1, 0.15) is 155 Å². The molecular formula is C30H56O2. The maximum absolute atomic E-state index is 11.8. The van der Waals surface area contributed by atoms with Crippen LogP contribution in [0.4, 0.5) is 0 Å². The first-order valence-corrected chi connectivity index (χ1v) is 14.3. The summed E-state index contributed by atoms with van der Waals surface area (Å²) in [5, 5.41) is 0. The zero-order valence-electron chi connectivity index (χ0n) is 21.9.